The van der Waals surface area contributed by atoms with E-state index < -0.39 is 0 Å². The first kappa shape index (κ1) is 37.1. The number of hydrogen-bond acceptors (Lipinski definition) is 6. The van der Waals surface area contributed by atoms with E-state index in [1.165, 1.54) is 36.1 Å². The molecule has 0 bridgehead atoms. The van der Waals surface area contributed by atoms with Gasteiger partial charge in [-0.1, -0.05) is 48.5 Å². The van der Waals surface area contributed by atoms with Crippen LogP contribution in [0, 0.1) is 13.8 Å². The summed E-state index contributed by atoms with van der Waals surface area (Å²) in [6, 6.07) is 24.9. The highest BCUT2D eigenvalue weighted by Crippen LogP contribution is 2.33. The molecule has 0 saturated heterocycles. The van der Waals surface area contributed by atoms with Gasteiger partial charge in [-0.15, -0.1) is 0 Å². The highest BCUT2D eigenvalue weighted by atomic mass is 79.9. The lowest BCUT2D eigenvalue weighted by Crippen LogP contribution is -2.29. The van der Waals surface area contributed by atoms with Crippen LogP contribution in [0.25, 0.3) is 11.1 Å². The third-order valence-corrected chi connectivity index (χ3v) is 9.19. The van der Waals surface area contributed by atoms with Gasteiger partial charge in [-0.05, 0) is 114 Å². The number of ether oxygens (including phenoxy) is 2. The van der Waals surface area contributed by atoms with E-state index in [0.29, 0.717) is 52.5 Å². The van der Waals surface area contributed by atoms with Gasteiger partial charge in [-0.25, -0.2) is 0 Å². The molecule has 0 fully saturated rings. The zero-order valence-corrected chi connectivity index (χ0v) is 31.1. The largest absolute Gasteiger partial charge is 0.488 e. The summed E-state index contributed by atoms with van der Waals surface area (Å²) in [5, 5.41) is 12.2. The summed E-state index contributed by atoms with van der Waals surface area (Å²) in [6.07, 6.45) is 0. The fourth-order valence-corrected chi connectivity index (χ4v) is 6.32. The van der Waals surface area contributed by atoms with Crippen molar-refractivity contribution in [1.82, 2.24) is 21.3 Å². The first-order valence-corrected chi connectivity index (χ1v) is 17.6. The summed E-state index contributed by atoms with van der Waals surface area (Å²) in [6.45, 7) is 12.2. The van der Waals surface area contributed by atoms with Crippen LogP contribution in [0.3, 0.4) is 0 Å². The summed E-state index contributed by atoms with van der Waals surface area (Å²) in [7, 11) is 0. The Balaban J connectivity index is 1.35. The molecule has 10 heteroatoms. The lowest BCUT2D eigenvalue weighted by atomic mass is 9.92. The number of carbonyl (C=O) groups is 2. The molecule has 0 aliphatic heterocycles. The Morgan fingerprint density at radius 2 is 1.02 bits per heavy atom. The summed E-state index contributed by atoms with van der Waals surface area (Å²) < 4.78 is 14.3. The molecule has 0 radical (unpaired) electrons. The molecule has 8 nitrogen and oxygen atoms in total. The second kappa shape index (κ2) is 18.7. The summed E-state index contributed by atoms with van der Waals surface area (Å²) in [4.78, 5) is 22.0. The van der Waals surface area contributed by atoms with Crippen molar-refractivity contribution in [2.75, 3.05) is 26.2 Å². The van der Waals surface area contributed by atoms with Crippen molar-refractivity contribution in [3.8, 4) is 22.6 Å². The summed E-state index contributed by atoms with van der Waals surface area (Å²) in [5.74, 6) is 1.53. The van der Waals surface area contributed by atoms with Gasteiger partial charge in [0.15, 0.2) is 0 Å². The van der Waals surface area contributed by atoms with Crippen LogP contribution in [0.15, 0.2) is 81.7 Å². The molecule has 0 unspecified atom stereocenters. The number of benzene rings is 4. The molecule has 4 aromatic carbocycles. The third-order valence-electron chi connectivity index (χ3n) is 7.95. The Hall–Kier alpha value is -3.70. The lowest BCUT2D eigenvalue weighted by molar-refractivity contribution is -0.119. The van der Waals surface area contributed by atoms with Gasteiger partial charge >= 0.3 is 0 Å². The van der Waals surface area contributed by atoms with E-state index in [1.807, 2.05) is 24.3 Å². The zero-order valence-electron chi connectivity index (χ0n) is 28.0. The van der Waals surface area contributed by atoms with Crippen LogP contribution in [0.1, 0.15) is 47.2 Å². The molecule has 2 amide bonds. The van der Waals surface area contributed by atoms with Gasteiger partial charge < -0.3 is 30.7 Å². The van der Waals surface area contributed by atoms with Crippen molar-refractivity contribution in [3.05, 3.63) is 115 Å². The molecule has 0 atom stereocenters. The van der Waals surface area contributed by atoms with E-state index in [9.17, 15) is 9.59 Å². The van der Waals surface area contributed by atoms with Crippen molar-refractivity contribution >= 4 is 43.7 Å². The van der Waals surface area contributed by atoms with Crippen LogP contribution in [0.4, 0.5) is 0 Å². The molecule has 0 aromatic heterocycles. The molecule has 0 saturated carbocycles. The Morgan fingerprint density at radius 1 is 0.604 bits per heavy atom. The van der Waals surface area contributed by atoms with Crippen molar-refractivity contribution in [2.24, 2.45) is 0 Å². The minimum Gasteiger partial charge on any atom is -0.488 e. The van der Waals surface area contributed by atoms with Gasteiger partial charge in [-0.3, -0.25) is 9.59 Å². The Labute approximate surface area is 300 Å². The van der Waals surface area contributed by atoms with Gasteiger partial charge in [0.1, 0.15) is 24.7 Å². The SMILES string of the molecule is CC(=O)NCCNCc1ccc(OCc2cccc(-c3cccc(COc4ccc(CNCCNC(C)=O)cc4Br)c3C)c2C)c(Br)c1. The molecule has 0 aliphatic rings. The van der Waals surface area contributed by atoms with E-state index in [4.69, 9.17) is 9.47 Å². The first-order valence-electron chi connectivity index (χ1n) is 16.0. The van der Waals surface area contributed by atoms with E-state index in [0.717, 1.165) is 42.7 Å². The first-order chi connectivity index (χ1) is 23.1. The van der Waals surface area contributed by atoms with E-state index in [2.05, 4.69) is 116 Å². The van der Waals surface area contributed by atoms with Crippen LogP contribution >= 0.6 is 31.9 Å². The molecular formula is C38H44Br2N4O4. The van der Waals surface area contributed by atoms with Gasteiger partial charge in [0, 0.05) is 53.1 Å². The van der Waals surface area contributed by atoms with Crippen LogP contribution in [-0.4, -0.2) is 38.0 Å². The zero-order chi connectivity index (χ0) is 34.5. The van der Waals surface area contributed by atoms with E-state index >= 15 is 0 Å². The predicted octanol–water partition coefficient (Wildman–Crippen LogP) is 7.10. The van der Waals surface area contributed by atoms with Crippen molar-refractivity contribution in [1.29, 1.82) is 0 Å². The van der Waals surface area contributed by atoms with E-state index in [-0.39, 0.29) is 11.8 Å². The lowest BCUT2D eigenvalue weighted by Gasteiger charge is -2.17. The van der Waals surface area contributed by atoms with Gasteiger partial charge in [-0.2, -0.15) is 0 Å². The molecule has 0 aliphatic carbocycles. The average molecular weight is 781 g/mol. The number of halogens is 2. The maximum absolute atomic E-state index is 11.0. The molecule has 254 valence electrons. The van der Waals surface area contributed by atoms with Gasteiger partial charge in [0.2, 0.25) is 11.8 Å². The van der Waals surface area contributed by atoms with Crippen molar-refractivity contribution < 1.29 is 19.1 Å². The topological polar surface area (TPSA) is 101 Å². The normalized spacial score (nSPS) is 10.9. The minimum atomic E-state index is -0.0231. The maximum atomic E-state index is 11.0. The smallest absolute Gasteiger partial charge is 0.216 e. The van der Waals surface area contributed by atoms with Gasteiger partial charge in [0.25, 0.3) is 0 Å². The number of carbonyl (C=O) groups excluding carboxylic acids is 2. The van der Waals surface area contributed by atoms with Crippen molar-refractivity contribution in [2.45, 2.75) is 54.0 Å². The molecule has 0 heterocycles. The highest BCUT2D eigenvalue weighted by molar-refractivity contribution is 9.10. The number of hydrogen-bond donors (Lipinski definition) is 4. The highest BCUT2D eigenvalue weighted by Gasteiger charge is 2.13. The number of nitrogens with one attached hydrogen (secondary N) is 4. The third kappa shape index (κ3) is 11.2. The molecule has 4 N–H and O–H groups in total. The monoisotopic (exact) mass is 778 g/mol. The molecule has 4 rings (SSSR count). The van der Waals surface area contributed by atoms with Gasteiger partial charge in [0.05, 0.1) is 8.95 Å². The maximum Gasteiger partial charge on any atom is 0.216 e. The van der Waals surface area contributed by atoms with Crippen LogP contribution in [-0.2, 0) is 35.9 Å². The quantitative estimate of drug-likeness (QED) is 0.0854. The van der Waals surface area contributed by atoms with Crippen LogP contribution in [0.5, 0.6) is 11.5 Å². The second-order valence-corrected chi connectivity index (χ2v) is 13.3. The van der Waals surface area contributed by atoms with Crippen LogP contribution < -0.4 is 30.7 Å². The Morgan fingerprint density at radius 3 is 1.40 bits per heavy atom. The fourth-order valence-electron chi connectivity index (χ4n) is 5.24. The Bertz CT molecular complexity index is 1590. The summed E-state index contributed by atoms with van der Waals surface area (Å²) in [5.41, 5.74) is 9.21. The number of amides is 2. The molecule has 0 spiro atoms. The standard InChI is InChI=1S/C38H44Br2N4O4/c1-25-31(23-47-37-13-11-29(19-35(37)39)21-41-15-17-43-27(3)45)7-5-9-33(25)34-10-6-8-32(26(34)2)24-48-38-14-12-30(20-36(38)40)22-42-16-18-44-28(4)46/h5-14,19-20,41-42H,15-18,21-24H2,1-4H3,(H,43,45)(H,44,46). The van der Waals surface area contributed by atoms with Crippen LogP contribution in [0.2, 0.25) is 0 Å². The average Bonchev–Trinajstić information content (AvgIpc) is 3.05. The minimum absolute atomic E-state index is 0.0231. The van der Waals surface area contributed by atoms with Crippen molar-refractivity contribution in [3.63, 3.8) is 0 Å². The molecular weight excluding hydrogens is 736 g/mol. The second-order valence-electron chi connectivity index (χ2n) is 11.6. The fraction of sp³-hybridized carbons (Fsp3) is 0.316. The number of rotatable bonds is 17. The molecule has 4 aromatic rings. The molecule has 48 heavy (non-hydrogen) atoms. The Kier molecular flexibility index (Phi) is 14.5. The summed E-state index contributed by atoms with van der Waals surface area (Å²) >= 11 is 7.34. The predicted molar refractivity (Wildman–Crippen MR) is 199 cm³/mol. The van der Waals surface area contributed by atoms with E-state index in [1.54, 1.807) is 0 Å².